The summed E-state index contributed by atoms with van der Waals surface area (Å²) in [5.41, 5.74) is 8.92. The molecule has 0 atom stereocenters. The Morgan fingerprint density at radius 1 is 0.889 bits per heavy atom. The lowest BCUT2D eigenvalue weighted by molar-refractivity contribution is 0.357. The van der Waals surface area contributed by atoms with Crippen LogP contribution in [0.5, 0.6) is 0 Å². The van der Waals surface area contributed by atoms with E-state index in [9.17, 15) is 0 Å². The zero-order valence-corrected chi connectivity index (χ0v) is 17.1. The van der Waals surface area contributed by atoms with E-state index in [4.69, 9.17) is 0 Å². The van der Waals surface area contributed by atoms with E-state index in [0.29, 0.717) is 0 Å². The quantitative estimate of drug-likeness (QED) is 0.466. The van der Waals surface area contributed by atoms with E-state index in [0.717, 1.165) is 24.7 Å². The monoisotopic (exact) mass is 360 g/mol. The predicted octanol–water partition coefficient (Wildman–Crippen LogP) is 8.05. The van der Waals surface area contributed by atoms with Crippen LogP contribution in [0.25, 0.3) is 5.57 Å². The predicted molar refractivity (Wildman–Crippen MR) is 118 cm³/mol. The summed E-state index contributed by atoms with van der Waals surface area (Å²) in [6, 6.07) is 8.95. The molecule has 0 heterocycles. The van der Waals surface area contributed by atoms with Crippen molar-refractivity contribution in [2.75, 3.05) is 0 Å². The lowest BCUT2D eigenvalue weighted by Crippen LogP contribution is -2.15. The van der Waals surface area contributed by atoms with Crippen LogP contribution >= 0.6 is 0 Å². The molecular weight excluding hydrogens is 324 g/mol. The summed E-state index contributed by atoms with van der Waals surface area (Å²) in [7, 11) is 0. The summed E-state index contributed by atoms with van der Waals surface area (Å²) >= 11 is 0. The second-order valence-electron chi connectivity index (χ2n) is 9.27. The van der Waals surface area contributed by atoms with Crippen molar-refractivity contribution in [1.29, 1.82) is 0 Å². The first-order chi connectivity index (χ1) is 13.2. The topological polar surface area (TPSA) is 0 Å². The van der Waals surface area contributed by atoms with Crippen LogP contribution < -0.4 is 0 Å². The second kappa shape index (κ2) is 8.63. The van der Waals surface area contributed by atoms with Gasteiger partial charge in [0.1, 0.15) is 0 Å². The van der Waals surface area contributed by atoms with Crippen molar-refractivity contribution in [1.82, 2.24) is 0 Å². The van der Waals surface area contributed by atoms with Crippen molar-refractivity contribution in [2.24, 2.45) is 11.8 Å². The Balaban J connectivity index is 1.58. The van der Waals surface area contributed by atoms with E-state index in [1.807, 2.05) is 0 Å². The summed E-state index contributed by atoms with van der Waals surface area (Å²) in [4.78, 5) is 0. The van der Waals surface area contributed by atoms with Crippen LogP contribution in [-0.4, -0.2) is 0 Å². The van der Waals surface area contributed by atoms with Crippen molar-refractivity contribution in [2.45, 2.75) is 83.5 Å². The lowest BCUT2D eigenvalue weighted by atomic mass is 9.73. The van der Waals surface area contributed by atoms with Gasteiger partial charge in [0.05, 0.1) is 0 Å². The molecule has 0 aromatic heterocycles. The molecule has 3 aliphatic rings. The van der Waals surface area contributed by atoms with Crippen LogP contribution in [0.15, 0.2) is 54.1 Å². The van der Waals surface area contributed by atoms with Crippen LogP contribution in [0.3, 0.4) is 0 Å². The van der Waals surface area contributed by atoms with Gasteiger partial charge in [-0.25, -0.2) is 0 Å². The molecule has 0 nitrogen and oxygen atoms in total. The first-order valence-corrected chi connectivity index (χ1v) is 11.4. The van der Waals surface area contributed by atoms with Gasteiger partial charge in [0.25, 0.3) is 0 Å². The normalized spacial score (nSPS) is 22.0. The average Bonchev–Trinajstić information content (AvgIpc) is 2.72. The molecule has 1 aromatic rings. The summed E-state index contributed by atoms with van der Waals surface area (Å²) in [5.74, 6) is 1.63. The van der Waals surface area contributed by atoms with Crippen LogP contribution in [0.1, 0.15) is 88.2 Å². The van der Waals surface area contributed by atoms with E-state index >= 15 is 0 Å². The Hall–Kier alpha value is -1.56. The molecule has 1 aromatic carbocycles. The Kier molecular flexibility index (Phi) is 6.01. The molecule has 0 heteroatoms. The van der Waals surface area contributed by atoms with E-state index in [1.165, 1.54) is 92.9 Å². The Bertz CT molecular complexity index is 720. The van der Waals surface area contributed by atoms with Crippen molar-refractivity contribution in [3.63, 3.8) is 0 Å². The maximum absolute atomic E-state index is 4.58. The molecule has 3 aliphatic carbocycles. The number of allylic oxidation sites excluding steroid dienone is 4. The molecule has 0 unspecified atom stereocenters. The average molecular weight is 361 g/mol. The molecular formula is C27H36. The van der Waals surface area contributed by atoms with E-state index in [2.05, 4.69) is 37.4 Å². The van der Waals surface area contributed by atoms with Gasteiger partial charge in [-0.3, -0.25) is 0 Å². The van der Waals surface area contributed by atoms with Gasteiger partial charge in [0, 0.05) is 0 Å². The van der Waals surface area contributed by atoms with Crippen LogP contribution in [0.4, 0.5) is 0 Å². The van der Waals surface area contributed by atoms with Crippen LogP contribution in [0, 0.1) is 11.8 Å². The van der Waals surface area contributed by atoms with Gasteiger partial charge in [0.2, 0.25) is 0 Å². The van der Waals surface area contributed by atoms with E-state index in [-0.39, 0.29) is 0 Å². The number of rotatable bonds is 5. The third-order valence-electron chi connectivity index (χ3n) is 7.38. The number of fused-ring (bicyclic) bond motifs is 1. The SMILES string of the molecule is C=C1C(CC2CCCCC2)=C(CC(=C)C2CCCCC2)Cc2ccccc21. The highest BCUT2D eigenvalue weighted by atomic mass is 14.3. The van der Waals surface area contributed by atoms with Gasteiger partial charge in [-0.2, -0.15) is 0 Å². The smallest absolute Gasteiger partial charge is 0.00517 e. The molecule has 0 amide bonds. The maximum atomic E-state index is 4.58. The number of benzene rings is 1. The number of hydrogen-bond acceptors (Lipinski definition) is 0. The molecule has 144 valence electrons. The fourth-order valence-electron chi connectivity index (χ4n) is 5.73. The summed E-state index contributed by atoms with van der Waals surface area (Å²) < 4.78 is 0. The zero-order chi connectivity index (χ0) is 18.6. The van der Waals surface area contributed by atoms with Gasteiger partial charge in [0.15, 0.2) is 0 Å². The van der Waals surface area contributed by atoms with Crippen molar-refractivity contribution in [3.05, 3.63) is 65.3 Å². The van der Waals surface area contributed by atoms with Crippen molar-refractivity contribution < 1.29 is 0 Å². The maximum Gasteiger partial charge on any atom is -0.00517 e. The van der Waals surface area contributed by atoms with Gasteiger partial charge in [-0.1, -0.05) is 99.9 Å². The third-order valence-corrected chi connectivity index (χ3v) is 7.38. The number of hydrogen-bond donors (Lipinski definition) is 0. The second-order valence-corrected chi connectivity index (χ2v) is 9.27. The molecule has 2 fully saturated rings. The molecule has 0 aliphatic heterocycles. The first kappa shape index (κ1) is 18.8. The molecule has 0 N–H and O–H groups in total. The summed E-state index contributed by atoms with van der Waals surface area (Å²) in [5, 5.41) is 0. The molecule has 0 radical (unpaired) electrons. The minimum Gasteiger partial charge on any atom is -0.0993 e. The Morgan fingerprint density at radius 3 is 2.30 bits per heavy atom. The molecule has 0 bridgehead atoms. The fourth-order valence-corrected chi connectivity index (χ4v) is 5.73. The largest absolute Gasteiger partial charge is 0.0993 e. The van der Waals surface area contributed by atoms with Gasteiger partial charge < -0.3 is 0 Å². The van der Waals surface area contributed by atoms with Crippen molar-refractivity contribution in [3.8, 4) is 0 Å². The molecule has 27 heavy (non-hydrogen) atoms. The van der Waals surface area contributed by atoms with Gasteiger partial charge in [-0.15, -0.1) is 0 Å². The van der Waals surface area contributed by atoms with Crippen molar-refractivity contribution >= 4 is 5.57 Å². The highest BCUT2D eigenvalue weighted by molar-refractivity contribution is 5.82. The minimum absolute atomic E-state index is 0.757. The Morgan fingerprint density at radius 2 is 1.56 bits per heavy atom. The summed E-state index contributed by atoms with van der Waals surface area (Å²) in [6.45, 7) is 9.16. The lowest BCUT2D eigenvalue weighted by Gasteiger charge is -2.31. The standard InChI is InChI=1S/C27H36/c1-20(23-13-7-4-8-14-23)17-25-19-24-15-9-10-16-26(24)21(2)27(25)18-22-11-5-3-6-12-22/h9-10,15-16,22-23H,1-8,11-14,17-19H2. The third kappa shape index (κ3) is 4.31. The highest BCUT2D eigenvalue weighted by Gasteiger charge is 2.26. The van der Waals surface area contributed by atoms with E-state index in [1.54, 1.807) is 11.1 Å². The summed E-state index contributed by atoms with van der Waals surface area (Å²) in [6.07, 6.45) is 17.5. The van der Waals surface area contributed by atoms with Crippen LogP contribution in [-0.2, 0) is 6.42 Å². The first-order valence-electron chi connectivity index (χ1n) is 11.4. The highest BCUT2D eigenvalue weighted by Crippen LogP contribution is 2.43. The van der Waals surface area contributed by atoms with Gasteiger partial charge in [-0.05, 0) is 66.2 Å². The van der Waals surface area contributed by atoms with Crippen LogP contribution in [0.2, 0.25) is 0 Å². The minimum atomic E-state index is 0.757. The Labute approximate surface area is 166 Å². The molecule has 0 spiro atoms. The zero-order valence-electron chi connectivity index (χ0n) is 17.1. The molecule has 4 rings (SSSR count). The molecule has 0 saturated heterocycles. The van der Waals surface area contributed by atoms with E-state index < -0.39 is 0 Å². The molecule has 2 saturated carbocycles. The fraction of sp³-hybridized carbons (Fsp3) is 0.556. The van der Waals surface area contributed by atoms with Gasteiger partial charge >= 0.3 is 0 Å².